The molecule has 2 aromatic rings. The molecule has 1 aromatic heterocycles. The predicted molar refractivity (Wildman–Crippen MR) is 111 cm³/mol. The molecule has 6 nitrogen and oxygen atoms in total. The number of rotatable bonds is 4. The summed E-state index contributed by atoms with van der Waals surface area (Å²) in [5.74, 6) is 0.0498. The summed E-state index contributed by atoms with van der Waals surface area (Å²) in [7, 11) is 1.85. The zero-order valence-corrected chi connectivity index (χ0v) is 17.6. The topological polar surface area (TPSA) is 67.6 Å². The van der Waals surface area contributed by atoms with E-state index < -0.39 is 0 Å². The minimum absolute atomic E-state index is 0.0498. The first-order chi connectivity index (χ1) is 13.9. The number of benzene rings is 1. The third-order valence-corrected chi connectivity index (χ3v) is 6.56. The van der Waals surface area contributed by atoms with Gasteiger partial charge in [0.05, 0.1) is 17.9 Å². The Kier molecular flexibility index (Phi) is 5.49. The van der Waals surface area contributed by atoms with Crippen molar-refractivity contribution >= 4 is 5.91 Å². The van der Waals surface area contributed by atoms with Crippen LogP contribution in [0.1, 0.15) is 60.1 Å². The van der Waals surface area contributed by atoms with Gasteiger partial charge in [0, 0.05) is 44.1 Å². The van der Waals surface area contributed by atoms with Crippen LogP contribution in [0.2, 0.25) is 0 Å². The highest BCUT2D eigenvalue weighted by Gasteiger charge is 2.38. The fourth-order valence-corrected chi connectivity index (χ4v) is 4.89. The van der Waals surface area contributed by atoms with E-state index in [0.29, 0.717) is 18.8 Å². The van der Waals surface area contributed by atoms with Crippen LogP contribution in [0.3, 0.4) is 0 Å². The molecule has 0 aliphatic carbocycles. The summed E-state index contributed by atoms with van der Waals surface area (Å²) >= 11 is 0. The van der Waals surface area contributed by atoms with Crippen molar-refractivity contribution in [2.75, 3.05) is 19.7 Å². The Hall–Kier alpha value is -2.18. The lowest BCUT2D eigenvalue weighted by Crippen LogP contribution is -2.46. The molecule has 0 unspecified atom stereocenters. The second-order valence-electron chi connectivity index (χ2n) is 8.74. The van der Waals surface area contributed by atoms with E-state index in [1.165, 1.54) is 5.56 Å². The lowest BCUT2D eigenvalue weighted by Gasteiger charge is -2.41. The van der Waals surface area contributed by atoms with Crippen LogP contribution < -0.4 is 0 Å². The number of aliphatic hydroxyl groups is 1. The van der Waals surface area contributed by atoms with Gasteiger partial charge in [0.2, 0.25) is 0 Å². The largest absolute Gasteiger partial charge is 0.396 e. The van der Waals surface area contributed by atoms with E-state index in [-0.39, 0.29) is 30.1 Å². The summed E-state index contributed by atoms with van der Waals surface area (Å²) in [4.78, 5) is 15.3. The number of aromatic nitrogens is 2. The molecule has 1 saturated heterocycles. The summed E-state index contributed by atoms with van der Waals surface area (Å²) in [6.45, 7) is 5.51. The van der Waals surface area contributed by atoms with Crippen molar-refractivity contribution in [2.45, 2.75) is 51.7 Å². The third-order valence-electron chi connectivity index (χ3n) is 6.56. The predicted octanol–water partition coefficient (Wildman–Crippen LogP) is 2.90. The highest BCUT2D eigenvalue weighted by atomic mass is 16.5. The maximum Gasteiger partial charge on any atom is 0.272 e. The Morgan fingerprint density at radius 1 is 1.24 bits per heavy atom. The molecular formula is C23H31N3O3. The first kappa shape index (κ1) is 20.1. The van der Waals surface area contributed by atoms with Crippen LogP contribution in [-0.2, 0) is 24.6 Å². The van der Waals surface area contributed by atoms with E-state index in [4.69, 9.17) is 4.74 Å². The molecule has 0 spiro atoms. The summed E-state index contributed by atoms with van der Waals surface area (Å²) in [5, 5.41) is 14.7. The van der Waals surface area contributed by atoms with Gasteiger partial charge in [-0.1, -0.05) is 30.3 Å². The number of carbonyl (C=O) groups is 1. The van der Waals surface area contributed by atoms with Crippen LogP contribution in [0.5, 0.6) is 0 Å². The molecule has 4 rings (SSSR count). The summed E-state index contributed by atoms with van der Waals surface area (Å²) in [5.41, 5.74) is 3.71. The fourth-order valence-electron chi connectivity index (χ4n) is 4.89. The molecule has 6 heteroatoms. The van der Waals surface area contributed by atoms with Crippen molar-refractivity contribution in [3.63, 3.8) is 0 Å². The van der Waals surface area contributed by atoms with Gasteiger partial charge in [-0.3, -0.25) is 9.48 Å². The quantitative estimate of drug-likeness (QED) is 0.861. The van der Waals surface area contributed by atoms with Crippen LogP contribution in [0, 0.1) is 5.41 Å². The molecule has 0 bridgehead atoms. The first-order valence-electron chi connectivity index (χ1n) is 10.6. The minimum Gasteiger partial charge on any atom is -0.396 e. The van der Waals surface area contributed by atoms with Crippen molar-refractivity contribution in [1.82, 2.24) is 14.7 Å². The van der Waals surface area contributed by atoms with E-state index in [9.17, 15) is 9.90 Å². The van der Waals surface area contributed by atoms with Gasteiger partial charge >= 0.3 is 0 Å². The van der Waals surface area contributed by atoms with Crippen molar-refractivity contribution in [1.29, 1.82) is 0 Å². The Balaban J connectivity index is 1.50. The maximum absolute atomic E-state index is 13.4. The smallest absolute Gasteiger partial charge is 0.272 e. The third kappa shape index (κ3) is 3.83. The standard InChI is InChI=1S/C23H31N3O3/c1-16-13-19-20(17(2)29-16)24-25(3)21(19)22(28)26-11-9-23(15-27,10-12-26)14-18-7-5-4-6-8-18/h4-8,16-17,27H,9-15H2,1-3H3/t16-,17+/m1/s1. The molecule has 29 heavy (non-hydrogen) atoms. The van der Waals surface area contributed by atoms with Crippen LogP contribution in [0.25, 0.3) is 0 Å². The molecule has 1 fully saturated rings. The van der Waals surface area contributed by atoms with Gasteiger partial charge in [-0.2, -0.15) is 5.10 Å². The molecule has 2 aliphatic heterocycles. The molecule has 1 N–H and O–H groups in total. The maximum atomic E-state index is 13.4. The highest BCUT2D eigenvalue weighted by Crippen LogP contribution is 2.36. The van der Waals surface area contributed by atoms with E-state index >= 15 is 0 Å². The summed E-state index contributed by atoms with van der Waals surface area (Å²) in [6.07, 6.45) is 3.18. The van der Waals surface area contributed by atoms with Gasteiger partial charge in [-0.25, -0.2) is 0 Å². The van der Waals surface area contributed by atoms with Crippen LogP contribution in [0.4, 0.5) is 0 Å². The Morgan fingerprint density at radius 3 is 2.59 bits per heavy atom. The number of carbonyl (C=O) groups excluding carboxylic acids is 1. The zero-order chi connectivity index (χ0) is 20.6. The number of likely N-dealkylation sites (tertiary alicyclic amines) is 1. The normalized spacial score (nSPS) is 23.7. The molecule has 156 valence electrons. The number of amides is 1. The molecule has 2 aliphatic rings. The average molecular weight is 398 g/mol. The second-order valence-corrected chi connectivity index (χ2v) is 8.74. The number of aryl methyl sites for hydroxylation is 1. The molecule has 0 radical (unpaired) electrons. The average Bonchev–Trinajstić information content (AvgIpc) is 3.05. The lowest BCUT2D eigenvalue weighted by atomic mass is 9.74. The Labute approximate surface area is 172 Å². The molecule has 1 amide bonds. The van der Waals surface area contributed by atoms with Crippen LogP contribution in [0.15, 0.2) is 30.3 Å². The van der Waals surface area contributed by atoms with Crippen LogP contribution in [-0.4, -0.2) is 51.5 Å². The number of fused-ring (bicyclic) bond motifs is 1. The fraction of sp³-hybridized carbons (Fsp3) is 0.565. The van der Waals surface area contributed by atoms with Gasteiger partial charge in [0.25, 0.3) is 5.91 Å². The number of ether oxygens (including phenoxy) is 1. The monoisotopic (exact) mass is 397 g/mol. The van der Waals surface area contributed by atoms with Crippen molar-refractivity contribution < 1.29 is 14.6 Å². The van der Waals surface area contributed by atoms with E-state index in [2.05, 4.69) is 17.2 Å². The van der Waals surface area contributed by atoms with Gasteiger partial charge in [-0.15, -0.1) is 0 Å². The summed E-state index contributed by atoms with van der Waals surface area (Å²) in [6, 6.07) is 10.3. The molecule has 0 saturated carbocycles. The first-order valence-corrected chi connectivity index (χ1v) is 10.6. The number of piperidine rings is 1. The minimum atomic E-state index is -0.152. The van der Waals surface area contributed by atoms with Gasteiger partial charge in [0.15, 0.2) is 0 Å². The lowest BCUT2D eigenvalue weighted by molar-refractivity contribution is -0.00719. The number of aliphatic hydroxyl groups excluding tert-OH is 1. The van der Waals surface area contributed by atoms with E-state index in [1.54, 1.807) is 4.68 Å². The summed E-state index contributed by atoms with van der Waals surface area (Å²) < 4.78 is 7.60. The van der Waals surface area contributed by atoms with E-state index in [0.717, 1.165) is 36.9 Å². The SMILES string of the molecule is C[C@@H]1Cc2c(nn(C)c2C(=O)N2CCC(CO)(Cc3ccccc3)CC2)[C@H](C)O1. The number of hydrogen-bond acceptors (Lipinski definition) is 4. The molecule has 1 aromatic carbocycles. The van der Waals surface area contributed by atoms with E-state index in [1.807, 2.05) is 44.0 Å². The van der Waals surface area contributed by atoms with Gasteiger partial charge < -0.3 is 14.7 Å². The Bertz CT molecular complexity index is 869. The zero-order valence-electron chi connectivity index (χ0n) is 17.6. The van der Waals surface area contributed by atoms with Crippen molar-refractivity contribution in [3.8, 4) is 0 Å². The number of nitrogens with zero attached hydrogens (tertiary/aromatic N) is 3. The molecule has 2 atom stereocenters. The van der Waals surface area contributed by atoms with Crippen molar-refractivity contribution in [2.24, 2.45) is 12.5 Å². The molecular weight excluding hydrogens is 366 g/mol. The van der Waals surface area contributed by atoms with Crippen molar-refractivity contribution in [3.05, 3.63) is 52.8 Å². The highest BCUT2D eigenvalue weighted by molar-refractivity contribution is 5.94. The Morgan fingerprint density at radius 2 is 1.93 bits per heavy atom. The van der Waals surface area contributed by atoms with Gasteiger partial charge in [0.1, 0.15) is 5.69 Å². The second kappa shape index (κ2) is 7.92. The van der Waals surface area contributed by atoms with Crippen LogP contribution >= 0.6 is 0 Å². The van der Waals surface area contributed by atoms with Gasteiger partial charge in [-0.05, 0) is 38.7 Å². The molecule has 3 heterocycles. The number of hydrogen-bond donors (Lipinski definition) is 1.